The maximum Gasteiger partial charge on any atom is 0.472 e. The van der Waals surface area contributed by atoms with Crippen molar-refractivity contribution in [3.63, 3.8) is 0 Å². The average Bonchev–Trinajstić information content (AvgIpc) is 3.39. The summed E-state index contributed by atoms with van der Waals surface area (Å²) < 4.78 is 39.5. The molecule has 0 saturated carbocycles. The Morgan fingerprint density at radius 3 is 1.12 bits per heavy atom. The number of esters is 3. The Kier molecular flexibility index (Phi) is 53.4. The highest BCUT2D eigenvalue weighted by molar-refractivity contribution is 7.47. The molecule has 0 fully saturated rings. The summed E-state index contributed by atoms with van der Waals surface area (Å²) in [5.74, 6) is -1.52. The average molecular weight is 1060 g/mol. The van der Waals surface area contributed by atoms with Crippen molar-refractivity contribution in [3.05, 3.63) is 85.1 Å². The van der Waals surface area contributed by atoms with Crippen molar-refractivity contribution in [3.8, 4) is 0 Å². The molecule has 0 aromatic carbocycles. The second-order valence-corrected chi connectivity index (χ2v) is 20.9. The third-order valence-electron chi connectivity index (χ3n) is 12.3. The zero-order chi connectivity index (χ0) is 54.1. The van der Waals surface area contributed by atoms with Gasteiger partial charge in [-0.3, -0.25) is 23.4 Å². The first-order valence-corrected chi connectivity index (χ1v) is 31.0. The van der Waals surface area contributed by atoms with Gasteiger partial charge in [-0.05, 0) is 116 Å². The minimum Gasteiger partial charge on any atom is -0.462 e. The fraction of sp³-hybridized carbons (Fsp3) is 0.726. The largest absolute Gasteiger partial charge is 0.472 e. The van der Waals surface area contributed by atoms with Gasteiger partial charge in [0.1, 0.15) is 12.7 Å². The standard InChI is InChI=1S/C62H107O11P/c1-4-7-10-13-16-19-22-25-27-28-29-30-32-35-38-41-44-47-50-53-62(66)73-59(55-69-60(64)51-48-45-42-39-36-33-24-21-18-15-12-9-6-3)57-71-74(67,68)70-56-58(54-63)72-61(65)52-49-46-43-40-37-34-31-26-23-20-17-14-11-8-5-2/h7,10,16,19,21,24-27,29-31,35,38,58-59,63H,4-6,8-9,11-15,17-18,20,22-23,28,32-34,36-37,39-57H2,1-3H3,(H,67,68)/b10-7-,19-16-,24-21-,27-25-,30-29-,31-26-,38-35-. The second-order valence-electron chi connectivity index (χ2n) is 19.4. The van der Waals surface area contributed by atoms with E-state index in [-0.39, 0.29) is 25.9 Å². The van der Waals surface area contributed by atoms with Crippen molar-refractivity contribution < 1.29 is 52.2 Å². The van der Waals surface area contributed by atoms with Crippen LogP contribution >= 0.6 is 7.82 Å². The van der Waals surface area contributed by atoms with E-state index < -0.39 is 57.8 Å². The zero-order valence-electron chi connectivity index (χ0n) is 47.0. The molecule has 0 saturated heterocycles. The van der Waals surface area contributed by atoms with E-state index in [9.17, 15) is 28.9 Å². The van der Waals surface area contributed by atoms with Crippen molar-refractivity contribution >= 4 is 25.7 Å². The van der Waals surface area contributed by atoms with Crippen LogP contribution in [0.2, 0.25) is 0 Å². The second kappa shape index (κ2) is 55.9. The number of rotatable bonds is 54. The molecule has 3 atom stereocenters. The van der Waals surface area contributed by atoms with Crippen LogP contribution < -0.4 is 0 Å². The minimum absolute atomic E-state index is 0.124. The number of allylic oxidation sites excluding steroid dienone is 14. The highest BCUT2D eigenvalue weighted by atomic mass is 31.2. The quantitative estimate of drug-likeness (QED) is 0.0197. The molecule has 0 aliphatic heterocycles. The topological polar surface area (TPSA) is 155 Å². The van der Waals surface area contributed by atoms with Crippen LogP contribution in [0.1, 0.15) is 252 Å². The minimum atomic E-state index is -4.76. The predicted octanol–water partition coefficient (Wildman–Crippen LogP) is 17.5. The van der Waals surface area contributed by atoms with Crippen molar-refractivity contribution in [1.82, 2.24) is 0 Å². The summed E-state index contributed by atoms with van der Waals surface area (Å²) in [4.78, 5) is 48.5. The number of aliphatic hydroxyl groups is 1. The van der Waals surface area contributed by atoms with Gasteiger partial charge in [-0.25, -0.2) is 4.57 Å². The molecular weight excluding hydrogens is 952 g/mol. The number of aliphatic hydroxyl groups excluding tert-OH is 1. The molecular formula is C62H107O11P. The molecule has 0 amide bonds. The van der Waals surface area contributed by atoms with Crippen molar-refractivity contribution in [2.45, 2.75) is 264 Å². The molecule has 74 heavy (non-hydrogen) atoms. The van der Waals surface area contributed by atoms with Crippen LogP contribution in [0.5, 0.6) is 0 Å². The van der Waals surface area contributed by atoms with Gasteiger partial charge < -0.3 is 24.2 Å². The van der Waals surface area contributed by atoms with Crippen LogP contribution in [0.25, 0.3) is 0 Å². The lowest BCUT2D eigenvalue weighted by Gasteiger charge is -2.21. The van der Waals surface area contributed by atoms with Gasteiger partial charge >= 0.3 is 25.7 Å². The van der Waals surface area contributed by atoms with Gasteiger partial charge in [-0.1, -0.05) is 202 Å². The molecule has 0 spiro atoms. The van der Waals surface area contributed by atoms with E-state index in [1.165, 1.54) is 64.2 Å². The maximum absolute atomic E-state index is 12.9. The Balaban J connectivity index is 4.79. The van der Waals surface area contributed by atoms with Crippen LogP contribution in [-0.2, 0) is 42.2 Å². The van der Waals surface area contributed by atoms with Crippen molar-refractivity contribution in [2.75, 3.05) is 26.4 Å². The molecule has 2 N–H and O–H groups in total. The third kappa shape index (κ3) is 53.5. The van der Waals surface area contributed by atoms with E-state index in [4.69, 9.17) is 23.3 Å². The Morgan fingerprint density at radius 2 is 0.703 bits per heavy atom. The Hall–Kier alpha value is -3.34. The lowest BCUT2D eigenvalue weighted by Crippen LogP contribution is -2.30. The summed E-state index contributed by atoms with van der Waals surface area (Å²) in [6, 6.07) is 0. The van der Waals surface area contributed by atoms with Gasteiger partial charge in [0.15, 0.2) is 6.10 Å². The third-order valence-corrected chi connectivity index (χ3v) is 13.2. The van der Waals surface area contributed by atoms with E-state index in [0.29, 0.717) is 19.3 Å². The SMILES string of the molecule is CC/C=C\C/C=C\C/C=C\C/C=C\C/C=C\CCCCCC(=O)OC(COC(=O)CCCCCCC/C=C\CCCCCC)COP(=O)(O)OCC(CO)OC(=O)CCCCCCC/C=C\CCCCCCCC. The molecule has 0 aromatic heterocycles. The maximum atomic E-state index is 12.9. The molecule has 426 valence electrons. The molecule has 0 aromatic rings. The van der Waals surface area contributed by atoms with Crippen molar-refractivity contribution in [1.29, 1.82) is 0 Å². The number of hydrogen-bond donors (Lipinski definition) is 2. The first kappa shape index (κ1) is 70.7. The van der Waals surface area contributed by atoms with Gasteiger partial charge in [0.2, 0.25) is 0 Å². The summed E-state index contributed by atoms with van der Waals surface area (Å²) in [6.45, 7) is 4.46. The highest BCUT2D eigenvalue weighted by Crippen LogP contribution is 2.43. The number of phosphoric acid groups is 1. The van der Waals surface area contributed by atoms with E-state index in [1.807, 2.05) is 0 Å². The molecule has 3 unspecified atom stereocenters. The Labute approximate surface area is 451 Å². The van der Waals surface area contributed by atoms with E-state index in [0.717, 1.165) is 128 Å². The molecule has 0 aliphatic rings. The first-order valence-electron chi connectivity index (χ1n) is 29.5. The fourth-order valence-corrected chi connectivity index (χ4v) is 8.57. The van der Waals surface area contributed by atoms with E-state index >= 15 is 0 Å². The highest BCUT2D eigenvalue weighted by Gasteiger charge is 2.28. The van der Waals surface area contributed by atoms with Crippen molar-refractivity contribution in [2.24, 2.45) is 0 Å². The Bertz CT molecular complexity index is 1560. The molecule has 0 rings (SSSR count). The number of carbonyl (C=O) groups excluding carboxylic acids is 3. The molecule has 0 radical (unpaired) electrons. The smallest absolute Gasteiger partial charge is 0.462 e. The number of unbranched alkanes of at least 4 members (excludes halogenated alkanes) is 23. The Morgan fingerprint density at radius 1 is 0.392 bits per heavy atom. The van der Waals surface area contributed by atoms with Crippen LogP contribution in [0.4, 0.5) is 0 Å². The number of hydrogen-bond acceptors (Lipinski definition) is 10. The zero-order valence-corrected chi connectivity index (χ0v) is 47.9. The lowest BCUT2D eigenvalue weighted by atomic mass is 10.1. The summed E-state index contributed by atoms with van der Waals surface area (Å²) in [7, 11) is -4.76. The summed E-state index contributed by atoms with van der Waals surface area (Å²) in [6.07, 6.45) is 63.9. The normalized spacial score (nSPS) is 14.0. The van der Waals surface area contributed by atoms with Crippen LogP contribution in [0, 0.1) is 0 Å². The fourth-order valence-electron chi connectivity index (χ4n) is 7.78. The van der Waals surface area contributed by atoms with Crippen LogP contribution in [0.3, 0.4) is 0 Å². The van der Waals surface area contributed by atoms with Gasteiger partial charge in [0.25, 0.3) is 0 Å². The summed E-state index contributed by atoms with van der Waals surface area (Å²) in [5, 5.41) is 9.82. The first-order chi connectivity index (χ1) is 36.2. The van der Waals surface area contributed by atoms with Gasteiger partial charge in [0, 0.05) is 19.3 Å². The predicted molar refractivity (Wildman–Crippen MR) is 307 cm³/mol. The van der Waals surface area contributed by atoms with Crippen LogP contribution in [-0.4, -0.2) is 66.5 Å². The summed E-state index contributed by atoms with van der Waals surface area (Å²) in [5.41, 5.74) is 0. The van der Waals surface area contributed by atoms with E-state index in [1.54, 1.807) is 0 Å². The molecule has 0 heterocycles. The molecule has 0 bridgehead atoms. The van der Waals surface area contributed by atoms with Gasteiger partial charge in [-0.2, -0.15) is 0 Å². The summed E-state index contributed by atoms with van der Waals surface area (Å²) >= 11 is 0. The van der Waals surface area contributed by atoms with Crippen LogP contribution in [0.15, 0.2) is 85.1 Å². The number of ether oxygens (including phenoxy) is 3. The number of carbonyl (C=O) groups is 3. The van der Waals surface area contributed by atoms with E-state index in [2.05, 4.69) is 106 Å². The van der Waals surface area contributed by atoms with Gasteiger partial charge in [-0.15, -0.1) is 0 Å². The molecule has 12 heteroatoms. The lowest BCUT2D eigenvalue weighted by molar-refractivity contribution is -0.161. The van der Waals surface area contributed by atoms with Gasteiger partial charge in [0.05, 0.1) is 19.8 Å². The molecule has 11 nitrogen and oxygen atoms in total. The molecule has 0 aliphatic carbocycles. The monoisotopic (exact) mass is 1060 g/mol. The number of phosphoric ester groups is 1.